The quantitative estimate of drug-likeness (QED) is 0.732. The first-order valence-electron chi connectivity index (χ1n) is 7.60. The van der Waals surface area contributed by atoms with Crippen molar-refractivity contribution in [3.05, 3.63) is 48.0 Å². The van der Waals surface area contributed by atoms with Crippen molar-refractivity contribution in [2.45, 2.75) is 31.2 Å². The van der Waals surface area contributed by atoms with Crippen LogP contribution in [0.4, 0.5) is 4.79 Å². The number of rotatable bonds is 1. The first kappa shape index (κ1) is 16.6. The van der Waals surface area contributed by atoms with Crippen molar-refractivity contribution >= 4 is 34.4 Å². The molecule has 24 heavy (non-hydrogen) atoms. The van der Waals surface area contributed by atoms with Gasteiger partial charge in [0.25, 0.3) is 0 Å². The van der Waals surface area contributed by atoms with Crippen LogP contribution in [-0.4, -0.2) is 29.3 Å². The summed E-state index contributed by atoms with van der Waals surface area (Å²) in [5, 5.41) is 2.87. The van der Waals surface area contributed by atoms with Gasteiger partial charge < -0.3 is 9.57 Å². The molecule has 6 heteroatoms. The van der Waals surface area contributed by atoms with Gasteiger partial charge >= 0.3 is 12.1 Å². The van der Waals surface area contributed by atoms with E-state index in [2.05, 4.69) is 0 Å². The molecule has 1 amide bonds. The van der Waals surface area contributed by atoms with Gasteiger partial charge in [-0.2, -0.15) is 0 Å². The first-order chi connectivity index (χ1) is 11.2. The van der Waals surface area contributed by atoms with E-state index in [4.69, 9.17) is 21.2 Å². The molecule has 0 aromatic heterocycles. The van der Waals surface area contributed by atoms with E-state index in [1.165, 1.54) is 0 Å². The summed E-state index contributed by atoms with van der Waals surface area (Å²) in [6, 6.07) is 13.3. The van der Waals surface area contributed by atoms with E-state index < -0.39 is 22.5 Å². The Kier molecular flexibility index (Phi) is 3.92. The van der Waals surface area contributed by atoms with Crippen LogP contribution in [0, 0.1) is 0 Å². The number of halogens is 1. The molecule has 126 valence electrons. The normalized spacial score (nSPS) is 21.0. The van der Waals surface area contributed by atoms with Crippen LogP contribution in [0.2, 0.25) is 0 Å². The predicted molar refractivity (Wildman–Crippen MR) is 90.5 cm³/mol. The van der Waals surface area contributed by atoms with E-state index in [0.717, 1.165) is 15.8 Å². The van der Waals surface area contributed by atoms with E-state index in [1.807, 2.05) is 36.4 Å². The molecule has 0 saturated carbocycles. The highest BCUT2D eigenvalue weighted by Gasteiger charge is 2.51. The van der Waals surface area contributed by atoms with Crippen molar-refractivity contribution < 1.29 is 19.2 Å². The summed E-state index contributed by atoms with van der Waals surface area (Å²) < 4.78 is 5.22. The number of fused-ring (bicyclic) bond motifs is 1. The summed E-state index contributed by atoms with van der Waals surface area (Å²) in [6.45, 7) is 5.10. The highest BCUT2D eigenvalue weighted by atomic mass is 35.5. The zero-order valence-electron chi connectivity index (χ0n) is 13.7. The molecular weight excluding hydrogens is 330 g/mol. The molecule has 2 aromatic rings. The lowest BCUT2D eigenvalue weighted by Gasteiger charge is -2.23. The Bertz CT molecular complexity index is 814. The Morgan fingerprint density at radius 3 is 2.54 bits per heavy atom. The molecule has 1 saturated heterocycles. The van der Waals surface area contributed by atoms with E-state index in [1.54, 1.807) is 26.8 Å². The molecule has 1 atom stereocenters. The van der Waals surface area contributed by atoms with Gasteiger partial charge in [0.05, 0.1) is 6.54 Å². The zero-order chi connectivity index (χ0) is 17.5. The maximum Gasteiger partial charge on any atom is 0.443 e. The molecule has 0 radical (unpaired) electrons. The Balaban J connectivity index is 1.89. The molecule has 1 aliphatic rings. The van der Waals surface area contributed by atoms with Crippen molar-refractivity contribution in [3.8, 4) is 0 Å². The minimum absolute atomic E-state index is 0.110. The first-order valence-corrected chi connectivity index (χ1v) is 7.98. The fourth-order valence-corrected chi connectivity index (χ4v) is 2.79. The number of carbonyl (C=O) groups is 2. The third-order valence-corrected chi connectivity index (χ3v) is 4.17. The number of amides is 1. The fraction of sp³-hybridized carbons (Fsp3) is 0.333. The number of alkyl halides is 1. The third kappa shape index (κ3) is 3.04. The largest absolute Gasteiger partial charge is 0.443 e. The summed E-state index contributed by atoms with van der Waals surface area (Å²) in [7, 11) is 0. The summed E-state index contributed by atoms with van der Waals surface area (Å²) >= 11 is 6.53. The molecule has 5 nitrogen and oxygen atoms in total. The fourth-order valence-electron chi connectivity index (χ4n) is 2.53. The van der Waals surface area contributed by atoms with Gasteiger partial charge in [-0.15, -0.1) is 5.06 Å². The molecule has 3 rings (SSSR count). The van der Waals surface area contributed by atoms with Crippen LogP contribution < -0.4 is 0 Å². The molecule has 1 heterocycles. The van der Waals surface area contributed by atoms with E-state index in [-0.39, 0.29) is 6.54 Å². The number of nitrogens with zero attached hydrogens (tertiary/aromatic N) is 1. The predicted octanol–water partition coefficient (Wildman–Crippen LogP) is 3.98. The van der Waals surface area contributed by atoms with Crippen LogP contribution in [0.1, 0.15) is 26.3 Å². The molecule has 1 aliphatic heterocycles. The zero-order valence-corrected chi connectivity index (χ0v) is 14.5. The minimum Gasteiger partial charge on any atom is -0.442 e. The third-order valence-electron chi connectivity index (χ3n) is 3.68. The van der Waals surface area contributed by atoms with Crippen molar-refractivity contribution in [1.29, 1.82) is 0 Å². The number of benzene rings is 2. The average Bonchev–Trinajstić information content (AvgIpc) is 2.82. The van der Waals surface area contributed by atoms with Crippen LogP contribution in [0.15, 0.2) is 42.5 Å². The van der Waals surface area contributed by atoms with Gasteiger partial charge in [-0.25, -0.2) is 9.59 Å². The van der Waals surface area contributed by atoms with Gasteiger partial charge in [0.15, 0.2) is 4.87 Å². The van der Waals surface area contributed by atoms with Gasteiger partial charge in [0.1, 0.15) is 5.60 Å². The Morgan fingerprint density at radius 2 is 1.88 bits per heavy atom. The smallest absolute Gasteiger partial charge is 0.442 e. The topological polar surface area (TPSA) is 55.8 Å². The van der Waals surface area contributed by atoms with Crippen LogP contribution >= 0.6 is 11.6 Å². The molecular formula is C18H18ClNO4. The number of ether oxygens (including phenoxy) is 1. The molecule has 0 bridgehead atoms. The highest BCUT2D eigenvalue weighted by molar-refractivity contribution is 6.35. The van der Waals surface area contributed by atoms with Gasteiger partial charge in [0, 0.05) is 0 Å². The molecule has 1 fully saturated rings. The van der Waals surface area contributed by atoms with Gasteiger partial charge in [-0.1, -0.05) is 48.0 Å². The minimum atomic E-state index is -1.44. The second-order valence-corrected chi connectivity index (χ2v) is 7.40. The van der Waals surface area contributed by atoms with Crippen LogP contribution in [0.5, 0.6) is 0 Å². The number of hydrogen-bond acceptors (Lipinski definition) is 4. The number of hydrogen-bond donors (Lipinski definition) is 0. The van der Waals surface area contributed by atoms with Gasteiger partial charge in [0.2, 0.25) is 0 Å². The molecule has 2 aromatic carbocycles. The SMILES string of the molecule is CC(C)(C)OC(=O)N1C[C@@](Cl)(c2ccc3ccccc3c2)C(=O)O1. The summed E-state index contributed by atoms with van der Waals surface area (Å²) in [6.07, 6.45) is -0.737. The lowest BCUT2D eigenvalue weighted by Crippen LogP contribution is -2.36. The number of carbonyl (C=O) groups excluding carboxylic acids is 2. The number of hydroxylamine groups is 2. The van der Waals surface area contributed by atoms with Crippen molar-refractivity contribution in [1.82, 2.24) is 5.06 Å². The van der Waals surface area contributed by atoms with Gasteiger partial charge in [-0.3, -0.25) is 0 Å². The van der Waals surface area contributed by atoms with Gasteiger partial charge in [-0.05, 0) is 43.2 Å². The van der Waals surface area contributed by atoms with Crippen molar-refractivity contribution in [2.75, 3.05) is 6.54 Å². The maximum atomic E-state index is 12.3. The lowest BCUT2D eigenvalue weighted by molar-refractivity contribution is -0.167. The Hall–Kier alpha value is -2.27. The summed E-state index contributed by atoms with van der Waals surface area (Å²) in [4.78, 5) is 28.0. The molecule has 0 spiro atoms. The summed E-state index contributed by atoms with van der Waals surface area (Å²) in [5.41, 5.74) is -0.108. The van der Waals surface area contributed by atoms with Crippen molar-refractivity contribution in [3.63, 3.8) is 0 Å². The van der Waals surface area contributed by atoms with Crippen LogP contribution in [0.25, 0.3) is 10.8 Å². The van der Waals surface area contributed by atoms with Crippen LogP contribution in [-0.2, 0) is 19.2 Å². The highest BCUT2D eigenvalue weighted by Crippen LogP contribution is 2.38. The molecule has 0 N–H and O–H groups in total. The maximum absolute atomic E-state index is 12.3. The second-order valence-electron chi connectivity index (χ2n) is 6.76. The standard InChI is InChI=1S/C18H18ClNO4/c1-17(2,3)23-16(22)20-11-18(19,15(21)24-20)14-9-8-12-6-4-5-7-13(12)10-14/h4-10H,11H2,1-3H3/t18-/m1/s1. The van der Waals surface area contributed by atoms with Crippen LogP contribution in [0.3, 0.4) is 0 Å². The monoisotopic (exact) mass is 347 g/mol. The Labute approximate surface area is 145 Å². The summed E-state index contributed by atoms with van der Waals surface area (Å²) in [5.74, 6) is -0.690. The second kappa shape index (κ2) is 5.67. The molecule has 0 unspecified atom stereocenters. The Morgan fingerprint density at radius 1 is 1.21 bits per heavy atom. The molecule has 0 aliphatic carbocycles. The lowest BCUT2D eigenvalue weighted by atomic mass is 9.96. The van der Waals surface area contributed by atoms with Crippen molar-refractivity contribution in [2.24, 2.45) is 0 Å². The van der Waals surface area contributed by atoms with E-state index in [9.17, 15) is 9.59 Å². The van der Waals surface area contributed by atoms with E-state index in [0.29, 0.717) is 5.56 Å². The average molecular weight is 348 g/mol. The van der Waals surface area contributed by atoms with E-state index >= 15 is 0 Å².